The smallest absolute Gasteiger partial charge is 0.191 e. The molecule has 2 N–H and O–H groups in total. The first-order valence-electron chi connectivity index (χ1n) is 7.37. The van der Waals surface area contributed by atoms with Gasteiger partial charge in [0.25, 0.3) is 0 Å². The molecule has 3 rings (SSSR count). The minimum Gasteiger partial charge on any atom is -0.467 e. The largest absolute Gasteiger partial charge is 0.467 e. The highest BCUT2D eigenvalue weighted by atomic mass is 16.3. The zero-order chi connectivity index (χ0) is 13.1. The van der Waals surface area contributed by atoms with Gasteiger partial charge in [-0.1, -0.05) is 0 Å². The van der Waals surface area contributed by atoms with E-state index in [4.69, 9.17) is 4.42 Å². The SMILES string of the molecule is CCNC(=NCc1ccco1)NCC1(C2CC2)CC1. The predicted octanol–water partition coefficient (Wildman–Crippen LogP) is 2.52. The molecule has 0 saturated heterocycles. The summed E-state index contributed by atoms with van der Waals surface area (Å²) in [5.41, 5.74) is 0.598. The lowest BCUT2D eigenvalue weighted by atomic mass is 10.0. The lowest BCUT2D eigenvalue weighted by Gasteiger charge is -2.17. The Morgan fingerprint density at radius 3 is 2.84 bits per heavy atom. The number of aliphatic imine (C=N–C) groups is 1. The minimum absolute atomic E-state index is 0.596. The Morgan fingerprint density at radius 2 is 2.26 bits per heavy atom. The molecule has 1 aromatic rings. The van der Waals surface area contributed by atoms with Gasteiger partial charge in [0.05, 0.1) is 6.26 Å². The number of furan rings is 1. The third kappa shape index (κ3) is 3.11. The number of rotatable bonds is 6. The summed E-state index contributed by atoms with van der Waals surface area (Å²) in [4.78, 5) is 4.57. The average molecular weight is 261 g/mol. The summed E-state index contributed by atoms with van der Waals surface area (Å²) >= 11 is 0. The second-order valence-corrected chi connectivity index (χ2v) is 5.76. The molecule has 2 aliphatic carbocycles. The van der Waals surface area contributed by atoms with Crippen molar-refractivity contribution in [1.29, 1.82) is 0 Å². The van der Waals surface area contributed by atoms with E-state index in [0.29, 0.717) is 12.0 Å². The molecule has 1 aromatic heterocycles. The van der Waals surface area contributed by atoms with Crippen molar-refractivity contribution in [3.8, 4) is 0 Å². The standard InChI is InChI=1S/C15H23N3O/c1-2-16-14(17-10-13-4-3-9-19-13)18-11-15(7-8-15)12-5-6-12/h3-4,9,12H,2,5-8,10-11H2,1H3,(H2,16,17,18). The van der Waals surface area contributed by atoms with Crippen molar-refractivity contribution in [3.05, 3.63) is 24.2 Å². The van der Waals surface area contributed by atoms with Gasteiger partial charge in [-0.15, -0.1) is 0 Å². The summed E-state index contributed by atoms with van der Waals surface area (Å²) in [6.07, 6.45) is 7.34. The van der Waals surface area contributed by atoms with E-state index in [1.165, 1.54) is 25.7 Å². The van der Waals surface area contributed by atoms with Gasteiger partial charge >= 0.3 is 0 Å². The molecule has 2 saturated carbocycles. The molecule has 19 heavy (non-hydrogen) atoms. The molecular formula is C15H23N3O. The number of guanidine groups is 1. The Kier molecular flexibility index (Phi) is 3.49. The molecule has 104 valence electrons. The van der Waals surface area contributed by atoms with Gasteiger partial charge in [-0.2, -0.15) is 0 Å². The molecule has 0 atom stereocenters. The monoisotopic (exact) mass is 261 g/mol. The lowest BCUT2D eigenvalue weighted by Crippen LogP contribution is -2.40. The number of nitrogens with zero attached hydrogens (tertiary/aromatic N) is 1. The van der Waals surface area contributed by atoms with Crippen LogP contribution in [0.1, 0.15) is 38.4 Å². The van der Waals surface area contributed by atoms with Gasteiger partial charge in [-0.3, -0.25) is 0 Å². The molecule has 0 radical (unpaired) electrons. The summed E-state index contributed by atoms with van der Waals surface area (Å²) in [6.45, 7) is 4.65. The van der Waals surface area contributed by atoms with Gasteiger partial charge in [0.2, 0.25) is 0 Å². The maximum absolute atomic E-state index is 5.31. The van der Waals surface area contributed by atoms with E-state index in [-0.39, 0.29) is 0 Å². The van der Waals surface area contributed by atoms with E-state index in [1.54, 1.807) is 6.26 Å². The zero-order valence-electron chi connectivity index (χ0n) is 11.6. The van der Waals surface area contributed by atoms with Crippen LogP contribution in [0.3, 0.4) is 0 Å². The molecule has 1 heterocycles. The zero-order valence-corrected chi connectivity index (χ0v) is 11.6. The molecule has 0 spiro atoms. The fourth-order valence-electron chi connectivity index (χ4n) is 2.75. The van der Waals surface area contributed by atoms with Gasteiger partial charge in [-0.25, -0.2) is 4.99 Å². The van der Waals surface area contributed by atoms with Gasteiger partial charge in [0.15, 0.2) is 5.96 Å². The Bertz CT molecular complexity index is 430. The second kappa shape index (κ2) is 5.27. The van der Waals surface area contributed by atoms with Crippen LogP contribution in [-0.4, -0.2) is 19.0 Å². The molecule has 0 aromatic carbocycles. The topological polar surface area (TPSA) is 49.6 Å². The van der Waals surface area contributed by atoms with E-state index in [9.17, 15) is 0 Å². The predicted molar refractivity (Wildman–Crippen MR) is 75.9 cm³/mol. The fraction of sp³-hybridized carbons (Fsp3) is 0.667. The fourth-order valence-corrected chi connectivity index (χ4v) is 2.75. The summed E-state index contributed by atoms with van der Waals surface area (Å²) in [5.74, 6) is 2.79. The van der Waals surface area contributed by atoms with Crippen LogP contribution >= 0.6 is 0 Å². The van der Waals surface area contributed by atoms with Crippen LogP contribution in [0.25, 0.3) is 0 Å². The van der Waals surface area contributed by atoms with Crippen LogP contribution in [0.15, 0.2) is 27.8 Å². The van der Waals surface area contributed by atoms with Crippen molar-refractivity contribution in [3.63, 3.8) is 0 Å². The van der Waals surface area contributed by atoms with Crippen LogP contribution < -0.4 is 10.6 Å². The quantitative estimate of drug-likeness (QED) is 0.611. The third-order valence-electron chi connectivity index (χ3n) is 4.26. The molecule has 0 bridgehead atoms. The molecule has 0 amide bonds. The lowest BCUT2D eigenvalue weighted by molar-refractivity contribution is 0.431. The van der Waals surface area contributed by atoms with Crippen LogP contribution in [0.5, 0.6) is 0 Å². The Morgan fingerprint density at radius 1 is 1.42 bits per heavy atom. The van der Waals surface area contributed by atoms with Crippen molar-refractivity contribution < 1.29 is 4.42 Å². The maximum Gasteiger partial charge on any atom is 0.191 e. The number of hydrogen-bond donors (Lipinski definition) is 2. The van der Waals surface area contributed by atoms with Crippen molar-refractivity contribution in [1.82, 2.24) is 10.6 Å². The summed E-state index contributed by atoms with van der Waals surface area (Å²) in [6, 6.07) is 3.86. The minimum atomic E-state index is 0.596. The Balaban J connectivity index is 1.53. The molecule has 0 aliphatic heterocycles. The molecule has 4 nitrogen and oxygen atoms in total. The number of hydrogen-bond acceptors (Lipinski definition) is 2. The summed E-state index contributed by atoms with van der Waals surface area (Å²) in [7, 11) is 0. The highest BCUT2D eigenvalue weighted by molar-refractivity contribution is 5.79. The van der Waals surface area contributed by atoms with Crippen LogP contribution in [0, 0.1) is 11.3 Å². The Labute approximate surface area is 114 Å². The first-order chi connectivity index (χ1) is 9.32. The van der Waals surface area contributed by atoms with E-state index in [1.807, 2.05) is 12.1 Å². The maximum atomic E-state index is 5.31. The van der Waals surface area contributed by atoms with Gasteiger partial charge < -0.3 is 15.1 Å². The first-order valence-corrected chi connectivity index (χ1v) is 7.37. The van der Waals surface area contributed by atoms with Crippen molar-refractivity contribution in [2.75, 3.05) is 13.1 Å². The second-order valence-electron chi connectivity index (χ2n) is 5.76. The van der Waals surface area contributed by atoms with E-state index >= 15 is 0 Å². The Hall–Kier alpha value is -1.45. The van der Waals surface area contributed by atoms with E-state index < -0.39 is 0 Å². The van der Waals surface area contributed by atoms with Crippen LogP contribution in [0.4, 0.5) is 0 Å². The first kappa shape index (κ1) is 12.6. The highest BCUT2D eigenvalue weighted by Crippen LogP contribution is 2.60. The summed E-state index contributed by atoms with van der Waals surface area (Å²) in [5, 5.41) is 6.81. The van der Waals surface area contributed by atoms with Crippen LogP contribution in [0.2, 0.25) is 0 Å². The van der Waals surface area contributed by atoms with Crippen LogP contribution in [-0.2, 0) is 6.54 Å². The highest BCUT2D eigenvalue weighted by Gasteiger charge is 2.53. The average Bonchev–Trinajstić information content (AvgIpc) is 3.32. The molecule has 0 unspecified atom stereocenters. The van der Waals surface area contributed by atoms with E-state index in [2.05, 4.69) is 22.5 Å². The van der Waals surface area contributed by atoms with Gasteiger partial charge in [0.1, 0.15) is 12.3 Å². The van der Waals surface area contributed by atoms with Gasteiger partial charge in [0, 0.05) is 13.1 Å². The van der Waals surface area contributed by atoms with E-state index in [0.717, 1.165) is 30.7 Å². The number of nitrogens with one attached hydrogen (secondary N) is 2. The summed E-state index contributed by atoms with van der Waals surface area (Å²) < 4.78 is 5.31. The normalized spacial score (nSPS) is 21.2. The van der Waals surface area contributed by atoms with Gasteiger partial charge in [-0.05, 0) is 56.1 Å². The van der Waals surface area contributed by atoms with Crippen molar-refractivity contribution >= 4 is 5.96 Å². The molecule has 2 fully saturated rings. The molecule has 2 aliphatic rings. The third-order valence-corrected chi connectivity index (χ3v) is 4.26. The van der Waals surface area contributed by atoms with Crippen molar-refractivity contribution in [2.24, 2.45) is 16.3 Å². The molecule has 4 heteroatoms. The van der Waals surface area contributed by atoms with Crippen molar-refractivity contribution in [2.45, 2.75) is 39.2 Å². The molecular weight excluding hydrogens is 238 g/mol.